The van der Waals surface area contributed by atoms with Crippen LogP contribution in [0.25, 0.3) is 11.0 Å². The molecule has 0 aliphatic rings. The Kier molecular flexibility index (Phi) is 2.29. The predicted octanol–water partition coefficient (Wildman–Crippen LogP) is 0.697. The fourth-order valence-corrected chi connectivity index (χ4v) is 1.68. The van der Waals surface area contributed by atoms with E-state index in [1.807, 2.05) is 0 Å². The lowest BCUT2D eigenvalue weighted by atomic mass is 10.3. The zero-order valence-corrected chi connectivity index (χ0v) is 9.02. The largest absolute Gasteiger partial charge is 0.617 e. The lowest BCUT2D eigenvalue weighted by Crippen LogP contribution is -2.41. The second-order valence-electron chi connectivity index (χ2n) is 3.25. The summed E-state index contributed by atoms with van der Waals surface area (Å²) >= 11 is 5.76. The fraction of sp³-hybridized carbons (Fsp3) is 0.100. The van der Waals surface area contributed by atoms with Crippen LogP contribution in [0.4, 0.5) is 0 Å². The van der Waals surface area contributed by atoms with Crippen LogP contribution in [-0.2, 0) is 7.05 Å². The quantitative estimate of drug-likeness (QED) is 0.498. The fourth-order valence-electron chi connectivity index (χ4n) is 1.51. The molecule has 2 rings (SSSR count). The van der Waals surface area contributed by atoms with Gasteiger partial charge >= 0.3 is 11.3 Å². The lowest BCUT2D eigenvalue weighted by molar-refractivity contribution is -0.581. The summed E-state index contributed by atoms with van der Waals surface area (Å²) in [5.74, 6) is 0. The Labute approximate surface area is 95.3 Å². The molecule has 0 unspecified atom stereocenters. The van der Waals surface area contributed by atoms with Crippen LogP contribution in [-0.4, -0.2) is 4.57 Å². The number of hydrogen-bond acceptors (Lipinski definition) is 3. The lowest BCUT2D eigenvalue weighted by Gasteiger charge is -2.06. The molecule has 1 heterocycles. The van der Waals surface area contributed by atoms with Crippen molar-refractivity contribution in [2.75, 3.05) is 0 Å². The van der Waals surface area contributed by atoms with Crippen molar-refractivity contribution in [2.24, 2.45) is 7.05 Å². The highest BCUT2D eigenvalue weighted by molar-refractivity contribution is 6.31. The maximum absolute atomic E-state index is 11.7. The Bertz CT molecular complexity index is 685. The molecule has 0 aliphatic heterocycles. The van der Waals surface area contributed by atoms with Crippen molar-refractivity contribution in [3.8, 4) is 6.07 Å². The molecule has 80 valence electrons. The van der Waals surface area contributed by atoms with E-state index in [9.17, 15) is 10.0 Å². The summed E-state index contributed by atoms with van der Waals surface area (Å²) in [6.07, 6.45) is 0. The van der Waals surface area contributed by atoms with E-state index in [-0.39, 0.29) is 5.52 Å². The molecule has 0 saturated carbocycles. The normalized spacial score (nSPS) is 10.3. The molecule has 0 spiro atoms. The first kappa shape index (κ1) is 10.5. The highest BCUT2D eigenvalue weighted by Crippen LogP contribution is 2.14. The smallest absolute Gasteiger partial charge is 0.361 e. The van der Waals surface area contributed by atoms with Gasteiger partial charge in [0, 0.05) is 18.1 Å². The van der Waals surface area contributed by atoms with Gasteiger partial charge in [0.15, 0.2) is 6.07 Å². The van der Waals surface area contributed by atoms with E-state index < -0.39 is 11.3 Å². The average molecular weight is 236 g/mol. The van der Waals surface area contributed by atoms with E-state index >= 15 is 0 Å². The van der Waals surface area contributed by atoms with Gasteiger partial charge in [-0.05, 0) is 12.1 Å². The second kappa shape index (κ2) is 3.51. The van der Waals surface area contributed by atoms with Crippen molar-refractivity contribution in [3.63, 3.8) is 0 Å². The summed E-state index contributed by atoms with van der Waals surface area (Å²) in [6, 6.07) is 6.15. The minimum Gasteiger partial charge on any atom is -0.617 e. The maximum Gasteiger partial charge on any atom is 0.361 e. The number of benzene rings is 1. The Hall–Kier alpha value is -2.06. The Morgan fingerprint density at radius 3 is 2.88 bits per heavy atom. The third kappa shape index (κ3) is 1.32. The van der Waals surface area contributed by atoms with Gasteiger partial charge < -0.3 is 5.21 Å². The first-order chi connectivity index (χ1) is 7.56. The van der Waals surface area contributed by atoms with E-state index in [0.717, 1.165) is 0 Å². The molecule has 0 fully saturated rings. The molecule has 0 amide bonds. The molecule has 0 saturated heterocycles. The van der Waals surface area contributed by atoms with Crippen molar-refractivity contribution in [3.05, 3.63) is 44.5 Å². The molecule has 0 bridgehead atoms. The van der Waals surface area contributed by atoms with E-state index in [2.05, 4.69) is 0 Å². The third-order valence-electron chi connectivity index (χ3n) is 2.33. The number of aromatic nitrogens is 2. The van der Waals surface area contributed by atoms with Gasteiger partial charge in [0.2, 0.25) is 5.52 Å². The van der Waals surface area contributed by atoms with Crippen molar-refractivity contribution in [1.82, 2.24) is 4.57 Å². The van der Waals surface area contributed by atoms with Crippen molar-refractivity contribution in [2.45, 2.75) is 0 Å². The van der Waals surface area contributed by atoms with Crippen LogP contribution in [0.1, 0.15) is 5.69 Å². The van der Waals surface area contributed by atoms with E-state index in [1.54, 1.807) is 18.2 Å². The number of aryl methyl sites for hydroxylation is 1. The number of nitriles is 1. The summed E-state index contributed by atoms with van der Waals surface area (Å²) in [4.78, 5) is 11.6. The standard InChI is InChI=1S/C10H6ClN3O2/c1-13-7-3-2-6(11)4-8(7)14(16)9(5-12)10(13)15/h2-4H,1H3. The minimum atomic E-state index is -0.618. The summed E-state index contributed by atoms with van der Waals surface area (Å²) < 4.78 is 1.56. The maximum atomic E-state index is 11.7. The number of hydrogen-bond donors (Lipinski definition) is 0. The Morgan fingerprint density at radius 2 is 2.25 bits per heavy atom. The second-order valence-corrected chi connectivity index (χ2v) is 3.69. The number of nitrogens with zero attached hydrogens (tertiary/aromatic N) is 3. The Balaban J connectivity index is 3.10. The molecule has 16 heavy (non-hydrogen) atoms. The Morgan fingerprint density at radius 1 is 1.56 bits per heavy atom. The van der Waals surface area contributed by atoms with E-state index in [4.69, 9.17) is 16.9 Å². The third-order valence-corrected chi connectivity index (χ3v) is 2.57. The van der Waals surface area contributed by atoms with Gasteiger partial charge in [0.1, 0.15) is 5.52 Å². The molecule has 5 nitrogen and oxygen atoms in total. The highest BCUT2D eigenvalue weighted by Gasteiger charge is 2.18. The van der Waals surface area contributed by atoms with Gasteiger partial charge in [-0.15, -0.1) is 4.73 Å². The van der Waals surface area contributed by atoms with Crippen LogP contribution in [0.2, 0.25) is 5.02 Å². The molecular formula is C10H6ClN3O2. The van der Waals surface area contributed by atoms with Crippen LogP contribution in [0.5, 0.6) is 0 Å². The average Bonchev–Trinajstić information content (AvgIpc) is 2.27. The van der Waals surface area contributed by atoms with Crippen LogP contribution in [0, 0.1) is 16.5 Å². The molecule has 1 aromatic heterocycles. The van der Waals surface area contributed by atoms with Gasteiger partial charge in [-0.25, -0.2) is 0 Å². The van der Waals surface area contributed by atoms with Crippen molar-refractivity contribution in [1.29, 1.82) is 5.26 Å². The molecular weight excluding hydrogens is 230 g/mol. The minimum absolute atomic E-state index is 0.200. The molecule has 0 N–H and O–H groups in total. The number of halogens is 1. The summed E-state index contributed by atoms with van der Waals surface area (Å²) in [5, 5.41) is 20.8. The SMILES string of the molecule is Cn1c(=O)c(C#N)[n+]([O-])c2cc(Cl)ccc21. The molecule has 0 aliphatic carbocycles. The molecule has 2 aromatic rings. The van der Waals surface area contributed by atoms with Crippen molar-refractivity contribution >= 4 is 22.6 Å². The molecule has 6 heteroatoms. The van der Waals surface area contributed by atoms with Crippen LogP contribution < -0.4 is 10.3 Å². The number of rotatable bonds is 0. The number of fused-ring (bicyclic) bond motifs is 1. The zero-order valence-electron chi connectivity index (χ0n) is 8.27. The predicted molar refractivity (Wildman–Crippen MR) is 57.9 cm³/mol. The summed E-state index contributed by atoms with van der Waals surface area (Å²) in [6.45, 7) is 0. The van der Waals surface area contributed by atoms with E-state index in [1.165, 1.54) is 17.7 Å². The molecule has 0 radical (unpaired) electrons. The first-order valence-electron chi connectivity index (χ1n) is 4.38. The van der Waals surface area contributed by atoms with Gasteiger partial charge in [0.05, 0.1) is 0 Å². The molecule has 1 aromatic carbocycles. The first-order valence-corrected chi connectivity index (χ1v) is 4.76. The van der Waals surface area contributed by atoms with Gasteiger partial charge in [-0.2, -0.15) is 5.26 Å². The van der Waals surface area contributed by atoms with Crippen LogP contribution in [0.3, 0.4) is 0 Å². The van der Waals surface area contributed by atoms with Crippen molar-refractivity contribution < 1.29 is 4.73 Å². The van der Waals surface area contributed by atoms with Gasteiger partial charge in [-0.3, -0.25) is 9.36 Å². The summed E-state index contributed by atoms with van der Waals surface area (Å²) in [5.41, 5.74) is -0.445. The highest BCUT2D eigenvalue weighted by atomic mass is 35.5. The monoisotopic (exact) mass is 235 g/mol. The zero-order chi connectivity index (χ0) is 11.9. The van der Waals surface area contributed by atoms with Crippen LogP contribution >= 0.6 is 11.6 Å². The molecule has 0 atom stereocenters. The van der Waals surface area contributed by atoms with Crippen LogP contribution in [0.15, 0.2) is 23.0 Å². The topological polar surface area (TPSA) is 72.7 Å². The van der Waals surface area contributed by atoms with Gasteiger partial charge in [0.25, 0.3) is 0 Å². The van der Waals surface area contributed by atoms with Gasteiger partial charge in [-0.1, -0.05) is 11.6 Å². The van der Waals surface area contributed by atoms with E-state index in [0.29, 0.717) is 15.3 Å². The summed E-state index contributed by atoms with van der Waals surface area (Å²) in [7, 11) is 1.50.